The molecule has 8 nitrogen and oxygen atoms in total. The third kappa shape index (κ3) is 4.39. The number of amides is 2. The fourth-order valence-corrected chi connectivity index (χ4v) is 7.99. The van der Waals surface area contributed by atoms with E-state index in [4.69, 9.17) is 0 Å². The van der Waals surface area contributed by atoms with Crippen molar-refractivity contribution in [1.82, 2.24) is 24.1 Å². The number of nitrogens with one attached hydrogen (secondary N) is 2. The number of anilines is 1. The minimum atomic E-state index is -1.59. The molecule has 1 aliphatic heterocycles. The van der Waals surface area contributed by atoms with Crippen molar-refractivity contribution in [2.75, 3.05) is 5.32 Å². The van der Waals surface area contributed by atoms with E-state index in [1.54, 1.807) is 4.52 Å². The van der Waals surface area contributed by atoms with E-state index in [0.717, 1.165) is 40.9 Å². The maximum absolute atomic E-state index is 13.6. The molecule has 2 aromatic carbocycles. The lowest BCUT2D eigenvalue weighted by molar-refractivity contribution is -0.118. The summed E-state index contributed by atoms with van der Waals surface area (Å²) in [6, 6.07) is 19.7. The van der Waals surface area contributed by atoms with Crippen LogP contribution in [0.25, 0.3) is 27.7 Å². The van der Waals surface area contributed by atoms with Crippen molar-refractivity contribution in [3.63, 3.8) is 0 Å². The van der Waals surface area contributed by atoms with E-state index in [0.29, 0.717) is 11.2 Å². The van der Waals surface area contributed by atoms with Crippen LogP contribution in [0.15, 0.2) is 67.0 Å². The molecule has 3 aromatic heterocycles. The molecule has 0 aliphatic carbocycles. The maximum atomic E-state index is 13.6. The van der Waals surface area contributed by atoms with Crippen LogP contribution in [0.4, 0.5) is 5.95 Å². The predicted octanol–water partition coefficient (Wildman–Crippen LogP) is 3.79. The molecule has 2 amide bonds. The number of carbonyl (C=O) groups is 2. The van der Waals surface area contributed by atoms with Gasteiger partial charge in [-0.25, -0.2) is 4.52 Å². The third-order valence-corrected chi connectivity index (χ3v) is 10.2. The van der Waals surface area contributed by atoms with Crippen molar-refractivity contribution in [2.45, 2.75) is 32.7 Å². The molecule has 0 bridgehead atoms. The first-order chi connectivity index (χ1) is 18.4. The van der Waals surface area contributed by atoms with Gasteiger partial charge in [-0.05, 0) is 65.0 Å². The van der Waals surface area contributed by atoms with Crippen LogP contribution in [0.1, 0.15) is 36.2 Å². The molecule has 0 spiro atoms. The molecule has 0 saturated heterocycles. The van der Waals surface area contributed by atoms with Crippen molar-refractivity contribution >= 4 is 48.5 Å². The van der Waals surface area contributed by atoms with Gasteiger partial charge in [-0.15, -0.1) is 5.10 Å². The van der Waals surface area contributed by atoms with E-state index in [9.17, 15) is 9.59 Å². The highest BCUT2D eigenvalue weighted by Gasteiger charge is 2.25. The van der Waals surface area contributed by atoms with Crippen molar-refractivity contribution < 1.29 is 9.59 Å². The van der Waals surface area contributed by atoms with E-state index in [1.807, 2.05) is 50.0 Å². The predicted molar refractivity (Wildman–Crippen MR) is 152 cm³/mol. The average molecular weight is 523 g/mol. The minimum absolute atomic E-state index is 0.000403. The molecular formula is C29H30N6O2Si. The van der Waals surface area contributed by atoms with Crippen LogP contribution in [0.3, 0.4) is 0 Å². The minimum Gasteiger partial charge on any atom is -0.376 e. The largest absolute Gasteiger partial charge is 0.376 e. The van der Waals surface area contributed by atoms with E-state index in [1.165, 1.54) is 10.8 Å². The van der Waals surface area contributed by atoms with E-state index in [-0.39, 0.29) is 23.7 Å². The lowest BCUT2D eigenvalue weighted by Gasteiger charge is -2.24. The molecule has 1 aliphatic rings. The zero-order valence-corrected chi connectivity index (χ0v) is 22.9. The monoisotopic (exact) mass is 522 g/mol. The summed E-state index contributed by atoms with van der Waals surface area (Å²) in [7, 11) is 0.379. The molecule has 0 unspecified atom stereocenters. The molecule has 0 fully saturated rings. The van der Waals surface area contributed by atoms with Gasteiger partial charge >= 0.3 is 0 Å². The lowest BCUT2D eigenvalue weighted by Crippen LogP contribution is -2.50. The highest BCUT2D eigenvalue weighted by atomic mass is 28.3. The molecule has 6 rings (SSSR count). The Labute approximate surface area is 222 Å². The average Bonchev–Trinajstić information content (AvgIpc) is 3.48. The van der Waals surface area contributed by atoms with Crippen LogP contribution < -0.4 is 15.5 Å². The Balaban J connectivity index is 1.31. The lowest BCUT2D eigenvalue weighted by atomic mass is 10.0. The summed E-state index contributed by atoms with van der Waals surface area (Å²) in [6.07, 6.45) is 5.98. The summed E-state index contributed by atoms with van der Waals surface area (Å²) in [4.78, 5) is 33.5. The molecule has 192 valence electrons. The highest BCUT2D eigenvalue weighted by molar-refractivity contribution is 6.74. The van der Waals surface area contributed by atoms with Gasteiger partial charge in [-0.3, -0.25) is 14.9 Å². The molecule has 1 atom stereocenters. The van der Waals surface area contributed by atoms with Gasteiger partial charge in [0.25, 0.3) is 0 Å². The number of hydrogen-bond acceptors (Lipinski definition) is 4. The van der Waals surface area contributed by atoms with Gasteiger partial charge in [-0.2, -0.15) is 4.98 Å². The van der Waals surface area contributed by atoms with Gasteiger partial charge < -0.3 is 9.55 Å². The smallest absolute Gasteiger partial charge is 0.249 e. The number of nitrogens with zero attached hydrogens (tertiary/aromatic N) is 4. The van der Waals surface area contributed by atoms with Crippen LogP contribution in [0, 0.1) is 5.92 Å². The summed E-state index contributed by atoms with van der Waals surface area (Å²) in [5.41, 5.74) is 5.66. The van der Waals surface area contributed by atoms with Crippen molar-refractivity contribution in [2.24, 2.45) is 13.0 Å². The standard InChI is InChI=1S/C29H30N6O2Si/c1-18(2)27(36)31-29-30-26-16-21(12-13-35(26)32-29)20-10-11-24-22(15-20)23(17-34(24)3)28(37)33-38-14-6-8-19-7-4-5-9-25(19)38/h4-5,7,9-13,15-18,38H,6,8,14H2,1-3H3,(H,33,37)(H,31,32,36)/t38-/m0/s1. The van der Waals surface area contributed by atoms with Crippen molar-refractivity contribution in [3.8, 4) is 11.1 Å². The van der Waals surface area contributed by atoms with E-state index >= 15 is 0 Å². The third-order valence-electron chi connectivity index (χ3n) is 7.34. The fourth-order valence-electron chi connectivity index (χ4n) is 5.26. The Morgan fingerprint density at radius 2 is 1.87 bits per heavy atom. The number of aryl methyl sites for hydroxylation is 2. The number of benzene rings is 2. The number of rotatable bonds is 5. The molecular weight excluding hydrogens is 492 g/mol. The number of fused-ring (bicyclic) bond motifs is 3. The second kappa shape index (κ2) is 9.57. The molecule has 5 aromatic rings. The first kappa shape index (κ1) is 24.1. The van der Waals surface area contributed by atoms with Gasteiger partial charge in [0.15, 0.2) is 14.6 Å². The normalized spacial score (nSPS) is 15.1. The van der Waals surface area contributed by atoms with Crippen molar-refractivity contribution in [1.29, 1.82) is 0 Å². The first-order valence-electron chi connectivity index (χ1n) is 13.0. The SMILES string of the molecule is CC(C)C(=O)Nc1nc2cc(-c3ccc4c(c3)c(C(=O)N[Si@H]3CCCc5ccccc53)cn4C)ccn2n1. The molecule has 0 radical (unpaired) electrons. The Morgan fingerprint density at radius 3 is 2.71 bits per heavy atom. The number of hydrogen-bond donors (Lipinski definition) is 2. The number of aromatic nitrogens is 4. The number of carbonyl (C=O) groups excluding carboxylic acids is 2. The Morgan fingerprint density at radius 1 is 1.05 bits per heavy atom. The van der Waals surface area contributed by atoms with Crippen LogP contribution in [-0.4, -0.2) is 39.9 Å². The summed E-state index contributed by atoms with van der Waals surface area (Å²) in [5.74, 6) is 0.00395. The molecule has 38 heavy (non-hydrogen) atoms. The summed E-state index contributed by atoms with van der Waals surface area (Å²) in [5, 5.41) is 9.39. The highest BCUT2D eigenvalue weighted by Crippen LogP contribution is 2.29. The molecule has 2 N–H and O–H groups in total. The molecule has 0 saturated carbocycles. The van der Waals surface area contributed by atoms with Crippen LogP contribution in [-0.2, 0) is 18.3 Å². The second-order valence-corrected chi connectivity index (χ2v) is 12.9. The van der Waals surface area contributed by atoms with E-state index < -0.39 is 8.96 Å². The number of pyridine rings is 1. The second-order valence-electron chi connectivity index (χ2n) is 10.3. The first-order valence-corrected chi connectivity index (χ1v) is 15.0. The summed E-state index contributed by atoms with van der Waals surface area (Å²) in [6.45, 7) is 3.65. The van der Waals surface area contributed by atoms with Crippen LogP contribution in [0.5, 0.6) is 0 Å². The van der Waals surface area contributed by atoms with Gasteiger partial charge in [0.2, 0.25) is 17.8 Å². The van der Waals surface area contributed by atoms with Crippen molar-refractivity contribution in [3.05, 3.63) is 78.1 Å². The Kier molecular flexibility index (Phi) is 6.07. The zero-order valence-electron chi connectivity index (χ0n) is 21.7. The van der Waals surface area contributed by atoms with Gasteiger partial charge in [-0.1, -0.05) is 44.2 Å². The van der Waals surface area contributed by atoms with Gasteiger partial charge in [0.1, 0.15) is 0 Å². The quantitative estimate of drug-likeness (QED) is 0.344. The zero-order chi connectivity index (χ0) is 26.4. The van der Waals surface area contributed by atoms with Gasteiger partial charge in [0.05, 0.1) is 5.56 Å². The summed E-state index contributed by atoms with van der Waals surface area (Å²) < 4.78 is 3.65. The Hall–Kier alpha value is -4.24. The summed E-state index contributed by atoms with van der Waals surface area (Å²) >= 11 is 0. The Bertz CT molecular complexity index is 1700. The van der Waals surface area contributed by atoms with Gasteiger partial charge in [0, 0.05) is 36.3 Å². The van der Waals surface area contributed by atoms with Crippen LogP contribution >= 0.6 is 0 Å². The topological polar surface area (TPSA) is 93.3 Å². The van der Waals surface area contributed by atoms with E-state index in [2.05, 4.69) is 62.8 Å². The molecule has 4 heterocycles. The fraction of sp³-hybridized carbons (Fsp3) is 0.241. The van der Waals surface area contributed by atoms with Crippen LogP contribution in [0.2, 0.25) is 6.04 Å². The molecule has 9 heteroatoms. The maximum Gasteiger partial charge on any atom is 0.249 e.